The minimum absolute atomic E-state index is 0.0673. The van der Waals surface area contributed by atoms with E-state index in [9.17, 15) is 4.79 Å². The van der Waals surface area contributed by atoms with E-state index in [0.717, 1.165) is 31.0 Å². The molecule has 0 aromatic carbocycles. The van der Waals surface area contributed by atoms with Crippen LogP contribution in [0.25, 0.3) is 0 Å². The topological polar surface area (TPSA) is 67.6 Å². The maximum Gasteiger partial charge on any atom is 0.234 e. The van der Waals surface area contributed by atoms with Crippen LogP contribution in [-0.4, -0.2) is 54.9 Å². The number of aromatic nitrogens is 1. The number of carbonyl (C=O) groups excluding carboxylic acids is 1. The first kappa shape index (κ1) is 17.4. The molecule has 2 aliphatic heterocycles. The van der Waals surface area contributed by atoms with Crippen molar-refractivity contribution in [2.75, 3.05) is 32.8 Å². The van der Waals surface area contributed by atoms with Gasteiger partial charge in [-0.25, -0.2) is 0 Å². The van der Waals surface area contributed by atoms with Crippen LogP contribution in [0.5, 0.6) is 0 Å². The molecule has 6 nitrogen and oxygen atoms in total. The number of ether oxygens (including phenoxy) is 1. The van der Waals surface area contributed by atoms with Gasteiger partial charge in [0, 0.05) is 18.4 Å². The molecule has 2 saturated heterocycles. The maximum absolute atomic E-state index is 12.4. The summed E-state index contributed by atoms with van der Waals surface area (Å²) in [5, 5.41) is 7.10. The molecule has 6 heteroatoms. The van der Waals surface area contributed by atoms with Crippen LogP contribution >= 0.6 is 0 Å². The van der Waals surface area contributed by atoms with Crippen LogP contribution < -0.4 is 5.32 Å². The highest BCUT2D eigenvalue weighted by molar-refractivity contribution is 5.78. The first-order valence-corrected chi connectivity index (χ1v) is 9.22. The summed E-state index contributed by atoms with van der Waals surface area (Å²) in [6, 6.07) is 2.02. The van der Waals surface area contributed by atoms with Crippen molar-refractivity contribution in [3.63, 3.8) is 0 Å². The normalized spacial score (nSPS) is 26.0. The largest absolute Gasteiger partial charge is 0.379 e. The van der Waals surface area contributed by atoms with Gasteiger partial charge in [0.1, 0.15) is 5.76 Å². The van der Waals surface area contributed by atoms with Crippen molar-refractivity contribution in [2.45, 2.75) is 51.5 Å². The lowest BCUT2D eigenvalue weighted by molar-refractivity contribution is -0.123. The fourth-order valence-corrected chi connectivity index (χ4v) is 3.66. The van der Waals surface area contributed by atoms with Crippen molar-refractivity contribution < 1.29 is 14.1 Å². The molecule has 1 aromatic rings. The predicted octanol–water partition coefficient (Wildman–Crippen LogP) is 1.92. The number of rotatable bonds is 5. The molecule has 134 valence electrons. The molecule has 0 radical (unpaired) electrons. The highest BCUT2D eigenvalue weighted by Gasteiger charge is 2.31. The second-order valence-corrected chi connectivity index (χ2v) is 7.15. The minimum atomic E-state index is 0.0673. The molecule has 1 aromatic heterocycles. The third-order valence-electron chi connectivity index (χ3n) is 5.00. The highest BCUT2D eigenvalue weighted by atomic mass is 16.5. The first-order valence-electron chi connectivity index (χ1n) is 9.22. The molecule has 0 bridgehead atoms. The molecule has 24 heavy (non-hydrogen) atoms. The van der Waals surface area contributed by atoms with Gasteiger partial charge < -0.3 is 14.6 Å². The van der Waals surface area contributed by atoms with Crippen molar-refractivity contribution in [3.05, 3.63) is 17.5 Å². The van der Waals surface area contributed by atoms with Gasteiger partial charge in [-0.1, -0.05) is 24.4 Å². The molecule has 0 aliphatic carbocycles. The van der Waals surface area contributed by atoms with Gasteiger partial charge in [-0.3, -0.25) is 9.69 Å². The van der Waals surface area contributed by atoms with Crippen LogP contribution in [-0.2, 0) is 16.0 Å². The molecular weight excluding hydrogens is 306 g/mol. The second kappa shape index (κ2) is 8.62. The molecule has 2 atom stereocenters. The standard InChI is InChI=1S/C18H29N3O3/c1-14-9-16(24-20-14)10-15-12-23-13-17(15)19-18(22)11-21-7-5-3-2-4-6-8-21/h9,15,17H,2-8,10-13H2,1H3,(H,19,22)/t15-,17+/m1/s1. The number of nitrogens with one attached hydrogen (secondary N) is 1. The van der Waals surface area contributed by atoms with E-state index in [1.165, 1.54) is 32.1 Å². The first-order chi connectivity index (χ1) is 11.7. The summed E-state index contributed by atoms with van der Waals surface area (Å²) in [6.45, 7) is 5.74. The van der Waals surface area contributed by atoms with Gasteiger partial charge in [0.05, 0.1) is 31.5 Å². The number of hydrogen-bond donors (Lipinski definition) is 1. The summed E-state index contributed by atoms with van der Waals surface area (Å²) in [7, 11) is 0. The number of nitrogens with zero attached hydrogens (tertiary/aromatic N) is 2. The summed E-state index contributed by atoms with van der Waals surface area (Å²) in [4.78, 5) is 14.7. The zero-order valence-corrected chi connectivity index (χ0v) is 14.6. The van der Waals surface area contributed by atoms with E-state index < -0.39 is 0 Å². The second-order valence-electron chi connectivity index (χ2n) is 7.15. The Balaban J connectivity index is 1.47. The van der Waals surface area contributed by atoms with Gasteiger partial charge in [-0.15, -0.1) is 0 Å². The van der Waals surface area contributed by atoms with Gasteiger partial charge in [-0.2, -0.15) is 0 Å². The molecule has 3 heterocycles. The molecule has 0 saturated carbocycles. The van der Waals surface area contributed by atoms with Crippen molar-refractivity contribution >= 4 is 5.91 Å². The Morgan fingerprint density at radius 2 is 2.00 bits per heavy atom. The van der Waals surface area contributed by atoms with Crippen molar-refractivity contribution in [3.8, 4) is 0 Å². The molecule has 0 unspecified atom stereocenters. The van der Waals surface area contributed by atoms with E-state index in [4.69, 9.17) is 9.26 Å². The van der Waals surface area contributed by atoms with Crippen LogP contribution in [0.3, 0.4) is 0 Å². The van der Waals surface area contributed by atoms with E-state index in [2.05, 4.69) is 15.4 Å². The van der Waals surface area contributed by atoms with Crippen LogP contribution in [0, 0.1) is 12.8 Å². The predicted molar refractivity (Wildman–Crippen MR) is 90.7 cm³/mol. The van der Waals surface area contributed by atoms with E-state index >= 15 is 0 Å². The van der Waals surface area contributed by atoms with Crippen molar-refractivity contribution in [2.24, 2.45) is 5.92 Å². The van der Waals surface area contributed by atoms with Crippen LogP contribution in [0.4, 0.5) is 0 Å². The van der Waals surface area contributed by atoms with Crippen LogP contribution in [0.15, 0.2) is 10.6 Å². The fourth-order valence-electron chi connectivity index (χ4n) is 3.66. The Labute approximate surface area is 143 Å². The zero-order chi connectivity index (χ0) is 16.8. The van der Waals surface area contributed by atoms with Crippen LogP contribution in [0.1, 0.15) is 43.6 Å². The van der Waals surface area contributed by atoms with Gasteiger partial charge in [-0.05, 0) is 32.9 Å². The third-order valence-corrected chi connectivity index (χ3v) is 5.00. The van der Waals surface area contributed by atoms with E-state index in [1.807, 2.05) is 13.0 Å². The molecule has 2 aliphatic rings. The molecule has 1 N–H and O–H groups in total. The Morgan fingerprint density at radius 1 is 1.25 bits per heavy atom. The van der Waals surface area contributed by atoms with Gasteiger partial charge >= 0.3 is 0 Å². The number of carbonyl (C=O) groups is 1. The Bertz CT molecular complexity index is 523. The number of aryl methyl sites for hydroxylation is 1. The lowest BCUT2D eigenvalue weighted by Crippen LogP contribution is -2.46. The summed E-state index contributed by atoms with van der Waals surface area (Å²) < 4.78 is 10.9. The summed E-state index contributed by atoms with van der Waals surface area (Å²) >= 11 is 0. The molecule has 1 amide bonds. The lowest BCUT2D eigenvalue weighted by atomic mass is 9.98. The Morgan fingerprint density at radius 3 is 2.71 bits per heavy atom. The summed E-state index contributed by atoms with van der Waals surface area (Å²) in [6.07, 6.45) is 7.07. The van der Waals surface area contributed by atoms with E-state index in [1.54, 1.807) is 0 Å². The molecular formula is C18H29N3O3. The highest BCUT2D eigenvalue weighted by Crippen LogP contribution is 2.20. The Hall–Kier alpha value is -1.40. The molecule has 3 rings (SSSR count). The molecule has 2 fully saturated rings. The van der Waals surface area contributed by atoms with Gasteiger partial charge in [0.25, 0.3) is 0 Å². The molecule has 0 spiro atoms. The smallest absolute Gasteiger partial charge is 0.234 e. The number of likely N-dealkylation sites (tertiary alicyclic amines) is 1. The minimum Gasteiger partial charge on any atom is -0.379 e. The fraction of sp³-hybridized carbons (Fsp3) is 0.778. The average molecular weight is 335 g/mol. The van der Waals surface area contributed by atoms with Gasteiger partial charge in [0.2, 0.25) is 5.91 Å². The summed E-state index contributed by atoms with van der Waals surface area (Å²) in [5.41, 5.74) is 0.890. The lowest BCUT2D eigenvalue weighted by Gasteiger charge is -2.25. The maximum atomic E-state index is 12.4. The van der Waals surface area contributed by atoms with E-state index in [0.29, 0.717) is 19.8 Å². The SMILES string of the molecule is Cc1cc(C[C@@H]2COC[C@@H]2NC(=O)CN2CCCCCCC2)on1. The average Bonchev–Trinajstić information content (AvgIpc) is 3.12. The third kappa shape index (κ3) is 5.05. The van der Waals surface area contributed by atoms with Gasteiger partial charge in [0.15, 0.2) is 0 Å². The van der Waals surface area contributed by atoms with Crippen molar-refractivity contribution in [1.82, 2.24) is 15.4 Å². The Kier molecular flexibility index (Phi) is 6.26. The van der Waals surface area contributed by atoms with Crippen LogP contribution in [0.2, 0.25) is 0 Å². The van der Waals surface area contributed by atoms with E-state index in [-0.39, 0.29) is 17.9 Å². The summed E-state index contributed by atoms with van der Waals surface area (Å²) in [5.74, 6) is 1.24. The monoisotopic (exact) mass is 335 g/mol. The van der Waals surface area contributed by atoms with Crippen molar-refractivity contribution in [1.29, 1.82) is 0 Å². The zero-order valence-electron chi connectivity index (χ0n) is 14.6. The number of amides is 1. The quantitative estimate of drug-likeness (QED) is 0.890. The number of hydrogen-bond acceptors (Lipinski definition) is 5.